The van der Waals surface area contributed by atoms with Crippen LogP contribution >= 0.6 is 11.3 Å². The lowest BCUT2D eigenvalue weighted by atomic mass is 9.96. The van der Waals surface area contributed by atoms with Crippen LogP contribution in [-0.2, 0) is 0 Å². The molecule has 0 unspecified atom stereocenters. The van der Waals surface area contributed by atoms with Crippen molar-refractivity contribution < 1.29 is 0 Å². The number of anilines is 3. The highest BCUT2D eigenvalue weighted by Gasteiger charge is 2.19. The van der Waals surface area contributed by atoms with Crippen molar-refractivity contribution in [3.8, 4) is 11.1 Å². The highest BCUT2D eigenvalue weighted by Crippen LogP contribution is 2.45. The first-order valence-corrected chi connectivity index (χ1v) is 15.7. The van der Waals surface area contributed by atoms with Crippen LogP contribution in [0.15, 0.2) is 158 Å². The molecular weight excluding hydrogens is 553 g/mol. The van der Waals surface area contributed by atoms with Crippen LogP contribution < -0.4 is 4.90 Å². The predicted octanol–water partition coefficient (Wildman–Crippen LogP) is 12.0. The number of hydrogen-bond donors (Lipinski definition) is 0. The number of fused-ring (bicyclic) bond motifs is 8. The van der Waals surface area contributed by atoms with Crippen molar-refractivity contribution in [2.45, 2.75) is 0 Å². The number of benzene rings is 7. The molecule has 44 heavy (non-hydrogen) atoms. The van der Waals surface area contributed by atoms with Crippen molar-refractivity contribution in [1.82, 2.24) is 4.98 Å². The fraction of sp³-hybridized carbons (Fsp3) is 0. The van der Waals surface area contributed by atoms with Gasteiger partial charge in [-0.25, -0.2) is 4.98 Å². The van der Waals surface area contributed by atoms with Gasteiger partial charge < -0.3 is 4.90 Å². The lowest BCUT2D eigenvalue weighted by Crippen LogP contribution is -2.10. The summed E-state index contributed by atoms with van der Waals surface area (Å²) in [6.45, 7) is 0. The first kappa shape index (κ1) is 25.0. The maximum Gasteiger partial charge on any atom is 0.124 e. The molecule has 9 aromatic rings. The van der Waals surface area contributed by atoms with Crippen molar-refractivity contribution in [3.63, 3.8) is 0 Å². The van der Waals surface area contributed by atoms with Gasteiger partial charge in [-0.15, -0.1) is 11.3 Å². The van der Waals surface area contributed by atoms with Crippen molar-refractivity contribution in [1.29, 1.82) is 0 Å². The summed E-state index contributed by atoms with van der Waals surface area (Å²) in [4.78, 5) is 8.19. The van der Waals surface area contributed by atoms with Gasteiger partial charge in [0, 0.05) is 33.0 Å². The Morgan fingerprint density at radius 1 is 0.455 bits per heavy atom. The molecule has 0 bridgehead atoms. The van der Waals surface area contributed by atoms with Gasteiger partial charge in [-0.3, -0.25) is 0 Å². The minimum Gasteiger partial charge on any atom is -0.310 e. The first-order valence-electron chi connectivity index (χ1n) is 14.9. The van der Waals surface area contributed by atoms with Crippen LogP contribution in [0.1, 0.15) is 0 Å². The van der Waals surface area contributed by atoms with Crippen LogP contribution in [0, 0.1) is 0 Å². The summed E-state index contributed by atoms with van der Waals surface area (Å²) in [5, 5.41) is 10.0. The van der Waals surface area contributed by atoms with Crippen LogP contribution in [0.5, 0.6) is 0 Å². The molecular formula is C41H26N2S. The van der Waals surface area contributed by atoms with Gasteiger partial charge in [0.2, 0.25) is 0 Å². The van der Waals surface area contributed by atoms with Crippen LogP contribution in [0.4, 0.5) is 17.1 Å². The second-order valence-electron chi connectivity index (χ2n) is 11.2. The number of hydrogen-bond acceptors (Lipinski definition) is 3. The maximum atomic E-state index is 4.71. The minimum atomic E-state index is 1.06. The van der Waals surface area contributed by atoms with Crippen LogP contribution in [-0.4, -0.2) is 4.98 Å². The number of pyridine rings is 1. The first-order chi connectivity index (χ1) is 21.8. The summed E-state index contributed by atoms with van der Waals surface area (Å²) >= 11 is 1.75. The lowest BCUT2D eigenvalue weighted by Gasteiger charge is -2.27. The van der Waals surface area contributed by atoms with E-state index >= 15 is 0 Å². The molecule has 7 aromatic carbocycles. The topological polar surface area (TPSA) is 16.1 Å². The Bertz CT molecular complexity index is 2490. The van der Waals surface area contributed by atoms with E-state index in [9.17, 15) is 0 Å². The normalized spacial score (nSPS) is 11.6. The highest BCUT2D eigenvalue weighted by molar-refractivity contribution is 7.25. The van der Waals surface area contributed by atoms with Crippen LogP contribution in [0.25, 0.3) is 63.7 Å². The third-order valence-electron chi connectivity index (χ3n) is 8.69. The van der Waals surface area contributed by atoms with Gasteiger partial charge in [-0.1, -0.05) is 103 Å². The van der Waals surface area contributed by atoms with Crippen molar-refractivity contribution >= 4 is 81.0 Å². The van der Waals surface area contributed by atoms with Crippen LogP contribution in [0.2, 0.25) is 0 Å². The van der Waals surface area contributed by atoms with Crippen molar-refractivity contribution in [2.75, 3.05) is 4.90 Å². The van der Waals surface area contributed by atoms with Gasteiger partial charge in [0.15, 0.2) is 0 Å². The Kier molecular flexibility index (Phi) is 5.71. The molecule has 9 rings (SSSR count). The van der Waals surface area contributed by atoms with E-state index < -0.39 is 0 Å². The second kappa shape index (κ2) is 10.0. The zero-order valence-corrected chi connectivity index (χ0v) is 24.6. The van der Waals surface area contributed by atoms with E-state index in [-0.39, 0.29) is 0 Å². The monoisotopic (exact) mass is 578 g/mol. The molecule has 206 valence electrons. The Balaban J connectivity index is 1.33. The molecule has 0 spiro atoms. The second-order valence-corrected chi connectivity index (χ2v) is 12.2. The SMILES string of the molecule is c1ccc(-c2ccc(N(c3ccc4ccc5ccc6ccccc6c5c4c3)c3cccc4sc5ncccc5c34)cc2)cc1. The summed E-state index contributed by atoms with van der Waals surface area (Å²) in [5.41, 5.74) is 5.81. The van der Waals surface area contributed by atoms with Gasteiger partial charge in [-0.05, 0) is 92.0 Å². The summed E-state index contributed by atoms with van der Waals surface area (Å²) in [6, 6.07) is 55.0. The summed E-state index contributed by atoms with van der Waals surface area (Å²) in [5.74, 6) is 0. The van der Waals surface area contributed by atoms with E-state index in [2.05, 4.69) is 150 Å². The Labute approximate surface area is 259 Å². The Morgan fingerprint density at radius 2 is 1.14 bits per heavy atom. The standard InChI is InChI=1S/C41H26N2S/c1-2-8-27(9-3-1)28-19-22-32(23-20-28)43(37-13-6-14-38-40(37)35-12-7-25-42-41(35)44-38)33-24-21-30-16-18-31-17-15-29-10-4-5-11-34(29)39(31)36(30)26-33/h1-26H. The molecule has 3 heteroatoms. The van der Waals surface area contributed by atoms with Crippen molar-refractivity contribution in [2.24, 2.45) is 0 Å². The molecule has 0 aliphatic heterocycles. The molecule has 0 aliphatic carbocycles. The van der Waals surface area contributed by atoms with Gasteiger partial charge in [0.25, 0.3) is 0 Å². The number of rotatable bonds is 4. The molecule has 2 heterocycles. The van der Waals surface area contributed by atoms with E-state index in [0.29, 0.717) is 0 Å². The van der Waals surface area contributed by atoms with Gasteiger partial charge in [0.1, 0.15) is 4.83 Å². The summed E-state index contributed by atoms with van der Waals surface area (Å²) in [6.07, 6.45) is 1.89. The van der Waals surface area contributed by atoms with E-state index in [1.165, 1.54) is 58.9 Å². The molecule has 0 saturated heterocycles. The molecule has 0 atom stereocenters. The molecule has 2 aromatic heterocycles. The molecule has 2 nitrogen and oxygen atoms in total. The zero-order valence-electron chi connectivity index (χ0n) is 23.8. The maximum absolute atomic E-state index is 4.71. The Hall–Kier alpha value is -5.51. The summed E-state index contributed by atoms with van der Waals surface area (Å²) < 4.78 is 1.24. The molecule has 0 amide bonds. The molecule has 0 fully saturated rings. The van der Waals surface area contributed by atoms with E-state index in [0.717, 1.165) is 21.9 Å². The zero-order chi connectivity index (χ0) is 29.0. The summed E-state index contributed by atoms with van der Waals surface area (Å²) in [7, 11) is 0. The van der Waals surface area contributed by atoms with E-state index in [1.54, 1.807) is 11.3 Å². The van der Waals surface area contributed by atoms with Crippen molar-refractivity contribution in [3.05, 3.63) is 158 Å². The van der Waals surface area contributed by atoms with Gasteiger partial charge >= 0.3 is 0 Å². The third kappa shape index (κ3) is 3.98. The number of thiophene rings is 1. The fourth-order valence-electron chi connectivity index (χ4n) is 6.64. The highest BCUT2D eigenvalue weighted by atomic mass is 32.1. The molecule has 0 radical (unpaired) electrons. The quantitative estimate of drug-likeness (QED) is 0.193. The number of nitrogens with zero attached hydrogens (tertiary/aromatic N) is 2. The minimum absolute atomic E-state index is 1.06. The molecule has 0 saturated carbocycles. The molecule has 0 N–H and O–H groups in total. The predicted molar refractivity (Wildman–Crippen MR) is 190 cm³/mol. The van der Waals surface area contributed by atoms with E-state index in [4.69, 9.17) is 4.98 Å². The number of aromatic nitrogens is 1. The van der Waals surface area contributed by atoms with Gasteiger partial charge in [-0.2, -0.15) is 0 Å². The smallest absolute Gasteiger partial charge is 0.124 e. The molecule has 0 aliphatic rings. The fourth-order valence-corrected chi connectivity index (χ4v) is 7.71. The van der Waals surface area contributed by atoms with E-state index in [1.807, 2.05) is 12.3 Å². The Morgan fingerprint density at radius 3 is 2.00 bits per heavy atom. The average molecular weight is 579 g/mol. The largest absolute Gasteiger partial charge is 0.310 e. The third-order valence-corrected chi connectivity index (χ3v) is 9.77. The average Bonchev–Trinajstić information content (AvgIpc) is 3.48. The van der Waals surface area contributed by atoms with Gasteiger partial charge in [0.05, 0.1) is 5.69 Å². The van der Waals surface area contributed by atoms with Crippen LogP contribution in [0.3, 0.4) is 0 Å². The lowest BCUT2D eigenvalue weighted by molar-refractivity contribution is 1.31.